The predicted molar refractivity (Wildman–Crippen MR) is 82.6 cm³/mol. The zero-order valence-corrected chi connectivity index (χ0v) is 12.3. The summed E-state index contributed by atoms with van der Waals surface area (Å²) in [4.78, 5) is 8.45. The van der Waals surface area contributed by atoms with Crippen LogP contribution in [0.5, 0.6) is 11.6 Å². The smallest absolute Gasteiger partial charge is 0.226 e. The van der Waals surface area contributed by atoms with Gasteiger partial charge in [-0.05, 0) is 24.6 Å². The Morgan fingerprint density at radius 3 is 2.90 bits per heavy atom. The van der Waals surface area contributed by atoms with Crippen LogP contribution >= 0.6 is 0 Å². The highest BCUT2D eigenvalue weighted by molar-refractivity contribution is 5.49. The Balaban J connectivity index is 2.04. The van der Waals surface area contributed by atoms with Crippen LogP contribution in [0.25, 0.3) is 0 Å². The van der Waals surface area contributed by atoms with Gasteiger partial charge in [-0.1, -0.05) is 6.92 Å². The van der Waals surface area contributed by atoms with Crippen molar-refractivity contribution in [3.05, 3.63) is 36.0 Å². The Hall–Kier alpha value is -2.50. The van der Waals surface area contributed by atoms with E-state index < -0.39 is 0 Å². The second kappa shape index (κ2) is 7.33. The molecule has 0 unspecified atom stereocenters. The van der Waals surface area contributed by atoms with Gasteiger partial charge in [0.15, 0.2) is 0 Å². The van der Waals surface area contributed by atoms with E-state index in [-0.39, 0.29) is 0 Å². The van der Waals surface area contributed by atoms with Crippen molar-refractivity contribution in [2.75, 3.05) is 24.8 Å². The molecule has 0 saturated heterocycles. The molecular formula is C15H20N4O2. The van der Waals surface area contributed by atoms with Crippen molar-refractivity contribution < 1.29 is 9.47 Å². The molecule has 0 spiro atoms. The van der Waals surface area contributed by atoms with Gasteiger partial charge < -0.3 is 20.5 Å². The second-order valence-electron chi connectivity index (χ2n) is 4.49. The molecule has 0 radical (unpaired) electrons. The SMILES string of the molecule is CCCOc1ccnc(NCc2cc(N)ccc2OC)n1. The minimum Gasteiger partial charge on any atom is -0.496 e. The molecule has 1 aromatic carbocycles. The van der Waals surface area contributed by atoms with Crippen molar-refractivity contribution in [3.63, 3.8) is 0 Å². The number of aromatic nitrogens is 2. The van der Waals surface area contributed by atoms with Gasteiger partial charge in [-0.25, -0.2) is 4.98 Å². The van der Waals surface area contributed by atoms with Crippen LogP contribution < -0.4 is 20.5 Å². The molecule has 6 nitrogen and oxygen atoms in total. The molecule has 1 heterocycles. The molecular weight excluding hydrogens is 268 g/mol. The van der Waals surface area contributed by atoms with Gasteiger partial charge in [0.05, 0.1) is 13.7 Å². The summed E-state index contributed by atoms with van der Waals surface area (Å²) in [6.45, 7) is 3.21. The summed E-state index contributed by atoms with van der Waals surface area (Å²) in [6, 6.07) is 7.25. The summed E-state index contributed by atoms with van der Waals surface area (Å²) in [5.74, 6) is 1.84. The lowest BCUT2D eigenvalue weighted by molar-refractivity contribution is 0.305. The standard InChI is InChI=1S/C15H20N4O2/c1-3-8-21-14-6-7-17-15(19-14)18-10-11-9-12(16)4-5-13(11)20-2/h4-7,9H,3,8,10,16H2,1-2H3,(H,17,18,19). The van der Waals surface area contributed by atoms with Crippen LogP contribution in [0.4, 0.5) is 11.6 Å². The maximum atomic E-state index is 5.80. The number of ether oxygens (including phenoxy) is 2. The Bertz CT molecular complexity index is 590. The zero-order chi connectivity index (χ0) is 15.1. The van der Waals surface area contributed by atoms with Crippen molar-refractivity contribution in [3.8, 4) is 11.6 Å². The first kappa shape index (κ1) is 14.9. The monoisotopic (exact) mass is 288 g/mol. The van der Waals surface area contributed by atoms with Crippen molar-refractivity contribution >= 4 is 11.6 Å². The first-order valence-electron chi connectivity index (χ1n) is 6.85. The number of methoxy groups -OCH3 is 1. The molecule has 0 aliphatic heterocycles. The van der Waals surface area contributed by atoms with Crippen LogP contribution in [-0.4, -0.2) is 23.7 Å². The van der Waals surface area contributed by atoms with E-state index in [2.05, 4.69) is 15.3 Å². The van der Waals surface area contributed by atoms with Crippen LogP contribution in [0.3, 0.4) is 0 Å². The highest BCUT2D eigenvalue weighted by Crippen LogP contribution is 2.22. The van der Waals surface area contributed by atoms with Crippen molar-refractivity contribution in [2.24, 2.45) is 0 Å². The highest BCUT2D eigenvalue weighted by atomic mass is 16.5. The van der Waals surface area contributed by atoms with Gasteiger partial charge in [-0.2, -0.15) is 4.98 Å². The van der Waals surface area contributed by atoms with Crippen LogP contribution in [0.2, 0.25) is 0 Å². The number of rotatable bonds is 7. The summed E-state index contributed by atoms with van der Waals surface area (Å²) < 4.78 is 10.8. The number of nitrogens with one attached hydrogen (secondary N) is 1. The molecule has 0 aliphatic rings. The summed E-state index contributed by atoms with van der Waals surface area (Å²) >= 11 is 0. The Morgan fingerprint density at radius 2 is 2.14 bits per heavy atom. The topological polar surface area (TPSA) is 82.3 Å². The van der Waals surface area contributed by atoms with E-state index in [9.17, 15) is 0 Å². The summed E-state index contributed by atoms with van der Waals surface area (Å²) in [5, 5.41) is 3.14. The number of nitrogen functional groups attached to an aromatic ring is 1. The van der Waals surface area contributed by atoms with Crippen LogP contribution in [-0.2, 0) is 6.54 Å². The number of hydrogen-bond acceptors (Lipinski definition) is 6. The van der Waals surface area contributed by atoms with Crippen LogP contribution in [0.1, 0.15) is 18.9 Å². The minimum atomic E-state index is 0.507. The minimum absolute atomic E-state index is 0.507. The molecule has 0 aliphatic carbocycles. The van der Waals surface area contributed by atoms with E-state index in [1.54, 1.807) is 25.4 Å². The van der Waals surface area contributed by atoms with E-state index in [1.807, 2.05) is 19.1 Å². The van der Waals surface area contributed by atoms with Gasteiger partial charge in [0.2, 0.25) is 11.8 Å². The van der Waals surface area contributed by atoms with Gasteiger partial charge in [0.1, 0.15) is 5.75 Å². The molecule has 2 aromatic rings. The lowest BCUT2D eigenvalue weighted by Gasteiger charge is -2.11. The number of benzene rings is 1. The maximum Gasteiger partial charge on any atom is 0.226 e. The van der Waals surface area contributed by atoms with Gasteiger partial charge in [-0.15, -0.1) is 0 Å². The lowest BCUT2D eigenvalue weighted by atomic mass is 10.2. The van der Waals surface area contributed by atoms with E-state index >= 15 is 0 Å². The molecule has 6 heteroatoms. The van der Waals surface area contributed by atoms with Crippen molar-refractivity contribution in [1.82, 2.24) is 9.97 Å². The lowest BCUT2D eigenvalue weighted by Crippen LogP contribution is -2.06. The van der Waals surface area contributed by atoms with Crippen LogP contribution in [0, 0.1) is 0 Å². The fourth-order valence-corrected chi connectivity index (χ4v) is 1.83. The van der Waals surface area contributed by atoms with E-state index in [1.165, 1.54) is 0 Å². The fraction of sp³-hybridized carbons (Fsp3) is 0.333. The molecule has 2 rings (SSSR count). The quantitative estimate of drug-likeness (QED) is 0.762. The normalized spacial score (nSPS) is 10.2. The first-order valence-corrected chi connectivity index (χ1v) is 6.85. The first-order chi connectivity index (χ1) is 10.2. The van der Waals surface area contributed by atoms with Gasteiger partial charge in [-0.3, -0.25) is 0 Å². The Kier molecular flexibility index (Phi) is 5.20. The number of nitrogens with two attached hydrogens (primary N) is 1. The summed E-state index contributed by atoms with van der Waals surface area (Å²) in [5.41, 5.74) is 7.43. The predicted octanol–water partition coefficient (Wildman–Crippen LogP) is 2.47. The fourth-order valence-electron chi connectivity index (χ4n) is 1.83. The third-order valence-electron chi connectivity index (χ3n) is 2.83. The van der Waals surface area contributed by atoms with Crippen molar-refractivity contribution in [2.45, 2.75) is 19.9 Å². The van der Waals surface area contributed by atoms with Gasteiger partial charge in [0, 0.05) is 30.1 Å². The molecule has 0 bridgehead atoms. The van der Waals surface area contributed by atoms with E-state index in [0.717, 1.165) is 17.7 Å². The molecule has 1 aromatic heterocycles. The molecule has 0 amide bonds. The Morgan fingerprint density at radius 1 is 1.29 bits per heavy atom. The largest absolute Gasteiger partial charge is 0.496 e. The molecule has 0 saturated carbocycles. The zero-order valence-electron chi connectivity index (χ0n) is 12.3. The second-order valence-corrected chi connectivity index (χ2v) is 4.49. The summed E-state index contributed by atoms with van der Waals surface area (Å²) in [7, 11) is 1.63. The summed E-state index contributed by atoms with van der Waals surface area (Å²) in [6.07, 6.45) is 2.60. The maximum absolute atomic E-state index is 5.80. The van der Waals surface area contributed by atoms with Gasteiger partial charge in [0.25, 0.3) is 0 Å². The number of hydrogen-bond donors (Lipinski definition) is 2. The molecule has 21 heavy (non-hydrogen) atoms. The number of anilines is 2. The van der Waals surface area contributed by atoms with Crippen LogP contribution in [0.15, 0.2) is 30.5 Å². The average Bonchev–Trinajstić information content (AvgIpc) is 2.51. The van der Waals surface area contributed by atoms with Crippen molar-refractivity contribution in [1.29, 1.82) is 0 Å². The average molecular weight is 288 g/mol. The third kappa shape index (κ3) is 4.24. The Labute approximate surface area is 124 Å². The van der Waals surface area contributed by atoms with Gasteiger partial charge >= 0.3 is 0 Å². The molecule has 3 N–H and O–H groups in total. The third-order valence-corrected chi connectivity index (χ3v) is 2.83. The molecule has 0 atom stereocenters. The highest BCUT2D eigenvalue weighted by Gasteiger charge is 2.05. The van der Waals surface area contributed by atoms with E-state index in [4.69, 9.17) is 15.2 Å². The number of nitrogens with zero attached hydrogens (tertiary/aromatic N) is 2. The molecule has 112 valence electrons. The molecule has 0 fully saturated rings. The van der Waals surface area contributed by atoms with E-state index in [0.29, 0.717) is 30.7 Å².